The molecule has 0 spiro atoms. The van der Waals surface area contributed by atoms with E-state index >= 15 is 0 Å². The maximum absolute atomic E-state index is 5.79. The molecule has 2 heteroatoms. The van der Waals surface area contributed by atoms with Crippen molar-refractivity contribution in [3.63, 3.8) is 0 Å². The van der Waals surface area contributed by atoms with Crippen LogP contribution in [0.4, 0.5) is 0 Å². The summed E-state index contributed by atoms with van der Waals surface area (Å²) < 4.78 is 0. The number of nitrogens with two attached hydrogens (primary N) is 1. The highest BCUT2D eigenvalue weighted by atomic mass is 14.6. The van der Waals surface area contributed by atoms with Crippen molar-refractivity contribution in [1.82, 2.24) is 4.98 Å². The van der Waals surface area contributed by atoms with Gasteiger partial charge in [0.1, 0.15) is 0 Å². The summed E-state index contributed by atoms with van der Waals surface area (Å²) >= 11 is 0. The third-order valence-electron chi connectivity index (χ3n) is 2.19. The van der Waals surface area contributed by atoms with E-state index in [2.05, 4.69) is 23.2 Å². The monoisotopic (exact) mass is 172 g/mol. The van der Waals surface area contributed by atoms with Gasteiger partial charge in [0.05, 0.1) is 0 Å². The molecule has 0 radical (unpaired) electrons. The van der Waals surface area contributed by atoms with Crippen molar-refractivity contribution in [1.29, 1.82) is 0 Å². The number of hydrogen-bond acceptors (Lipinski definition) is 2. The summed E-state index contributed by atoms with van der Waals surface area (Å²) in [5, 5.41) is 2.36. The average Bonchev–Trinajstić information content (AvgIpc) is 2.17. The van der Waals surface area contributed by atoms with Gasteiger partial charge in [0.25, 0.3) is 0 Å². The standard InChI is InChI=1S/C11H12N2/c1-8(12)9-2-3-11-7-13-5-4-10(11)6-9/h2-8H,12H2,1H3. The van der Waals surface area contributed by atoms with Gasteiger partial charge in [0, 0.05) is 23.8 Å². The Morgan fingerprint density at radius 1 is 1.23 bits per heavy atom. The zero-order chi connectivity index (χ0) is 9.26. The minimum Gasteiger partial charge on any atom is -0.324 e. The summed E-state index contributed by atoms with van der Waals surface area (Å²) in [7, 11) is 0. The first-order chi connectivity index (χ1) is 6.27. The Balaban J connectivity index is 2.62. The van der Waals surface area contributed by atoms with Gasteiger partial charge in [-0.3, -0.25) is 4.98 Å². The maximum Gasteiger partial charge on any atom is 0.0346 e. The maximum atomic E-state index is 5.79. The lowest BCUT2D eigenvalue weighted by Gasteiger charge is -2.06. The highest BCUT2D eigenvalue weighted by Crippen LogP contribution is 2.17. The molecule has 2 aromatic rings. The fourth-order valence-electron chi connectivity index (χ4n) is 1.39. The van der Waals surface area contributed by atoms with Crippen LogP contribution in [-0.4, -0.2) is 4.98 Å². The Morgan fingerprint density at radius 2 is 2.08 bits per heavy atom. The molecule has 13 heavy (non-hydrogen) atoms. The Morgan fingerprint density at radius 3 is 2.85 bits per heavy atom. The van der Waals surface area contributed by atoms with Gasteiger partial charge < -0.3 is 5.73 Å². The lowest BCUT2D eigenvalue weighted by atomic mass is 10.1. The van der Waals surface area contributed by atoms with Crippen molar-refractivity contribution in [2.24, 2.45) is 5.73 Å². The van der Waals surface area contributed by atoms with Crippen LogP contribution in [0.1, 0.15) is 18.5 Å². The molecule has 0 aliphatic carbocycles. The second-order valence-electron chi connectivity index (χ2n) is 3.27. The molecule has 1 aromatic heterocycles. The van der Waals surface area contributed by atoms with Crippen molar-refractivity contribution >= 4 is 10.8 Å². The van der Waals surface area contributed by atoms with Crippen LogP contribution >= 0.6 is 0 Å². The lowest BCUT2D eigenvalue weighted by molar-refractivity contribution is 0.820. The summed E-state index contributed by atoms with van der Waals surface area (Å²) in [5.41, 5.74) is 6.95. The molecular weight excluding hydrogens is 160 g/mol. The van der Waals surface area contributed by atoms with Crippen LogP contribution < -0.4 is 5.73 Å². The van der Waals surface area contributed by atoms with Gasteiger partial charge in [-0.1, -0.05) is 12.1 Å². The molecule has 0 saturated heterocycles. The molecule has 66 valence electrons. The fraction of sp³-hybridized carbons (Fsp3) is 0.182. The van der Waals surface area contributed by atoms with E-state index in [-0.39, 0.29) is 6.04 Å². The first-order valence-electron chi connectivity index (χ1n) is 4.36. The number of pyridine rings is 1. The number of rotatable bonds is 1. The molecule has 1 heterocycles. The zero-order valence-corrected chi connectivity index (χ0v) is 7.57. The third kappa shape index (κ3) is 1.53. The van der Waals surface area contributed by atoms with Gasteiger partial charge in [0.15, 0.2) is 0 Å². The van der Waals surface area contributed by atoms with Gasteiger partial charge in [-0.2, -0.15) is 0 Å². The molecule has 0 amide bonds. The number of hydrogen-bond donors (Lipinski definition) is 1. The van der Waals surface area contributed by atoms with E-state index in [1.807, 2.05) is 19.2 Å². The number of fused-ring (bicyclic) bond motifs is 1. The molecule has 0 fully saturated rings. The van der Waals surface area contributed by atoms with Gasteiger partial charge in [-0.25, -0.2) is 0 Å². The molecule has 0 bridgehead atoms. The largest absolute Gasteiger partial charge is 0.324 e. The summed E-state index contributed by atoms with van der Waals surface area (Å²) in [6.45, 7) is 1.99. The van der Waals surface area contributed by atoms with Gasteiger partial charge in [0.2, 0.25) is 0 Å². The molecular formula is C11H12N2. The highest BCUT2D eigenvalue weighted by molar-refractivity contribution is 5.82. The van der Waals surface area contributed by atoms with E-state index in [9.17, 15) is 0 Å². The summed E-state index contributed by atoms with van der Waals surface area (Å²) in [6.07, 6.45) is 3.66. The molecule has 1 aromatic carbocycles. The van der Waals surface area contributed by atoms with Crippen molar-refractivity contribution in [2.75, 3.05) is 0 Å². The van der Waals surface area contributed by atoms with E-state index < -0.39 is 0 Å². The molecule has 0 aliphatic rings. The molecule has 2 rings (SSSR count). The van der Waals surface area contributed by atoms with Gasteiger partial charge in [-0.15, -0.1) is 0 Å². The predicted octanol–water partition coefficient (Wildman–Crippen LogP) is 2.25. The second-order valence-corrected chi connectivity index (χ2v) is 3.27. The Hall–Kier alpha value is -1.41. The fourth-order valence-corrected chi connectivity index (χ4v) is 1.39. The molecule has 1 atom stereocenters. The topological polar surface area (TPSA) is 38.9 Å². The van der Waals surface area contributed by atoms with E-state index in [0.29, 0.717) is 0 Å². The second kappa shape index (κ2) is 3.15. The SMILES string of the molecule is CC(N)c1ccc2cnccc2c1. The molecule has 2 nitrogen and oxygen atoms in total. The normalized spacial score (nSPS) is 13.1. The van der Waals surface area contributed by atoms with E-state index in [0.717, 1.165) is 5.39 Å². The first-order valence-corrected chi connectivity index (χ1v) is 4.36. The highest BCUT2D eigenvalue weighted by Gasteiger charge is 1.99. The molecule has 2 N–H and O–H groups in total. The van der Waals surface area contributed by atoms with Crippen molar-refractivity contribution in [3.05, 3.63) is 42.2 Å². The smallest absolute Gasteiger partial charge is 0.0346 e. The predicted molar refractivity (Wildman–Crippen MR) is 54.3 cm³/mol. The van der Waals surface area contributed by atoms with E-state index in [4.69, 9.17) is 5.73 Å². The first kappa shape index (κ1) is 8.20. The zero-order valence-electron chi connectivity index (χ0n) is 7.57. The minimum absolute atomic E-state index is 0.0950. The van der Waals surface area contributed by atoms with Crippen molar-refractivity contribution in [3.8, 4) is 0 Å². The van der Waals surface area contributed by atoms with Crippen LogP contribution in [0.3, 0.4) is 0 Å². The Kier molecular flexibility index (Phi) is 1.99. The Bertz CT molecular complexity index is 421. The van der Waals surface area contributed by atoms with Crippen LogP contribution in [0.25, 0.3) is 10.8 Å². The van der Waals surface area contributed by atoms with Crippen molar-refractivity contribution < 1.29 is 0 Å². The average molecular weight is 172 g/mol. The Labute approximate surface area is 77.4 Å². The van der Waals surface area contributed by atoms with Crippen LogP contribution in [0, 0.1) is 0 Å². The lowest BCUT2D eigenvalue weighted by Crippen LogP contribution is -2.04. The third-order valence-corrected chi connectivity index (χ3v) is 2.19. The molecule has 0 saturated carbocycles. The number of aromatic nitrogens is 1. The summed E-state index contributed by atoms with van der Waals surface area (Å²) in [5.74, 6) is 0. The summed E-state index contributed by atoms with van der Waals surface area (Å²) in [6, 6.07) is 8.32. The number of benzene rings is 1. The minimum atomic E-state index is 0.0950. The quantitative estimate of drug-likeness (QED) is 0.716. The van der Waals surface area contributed by atoms with E-state index in [1.54, 1.807) is 6.20 Å². The van der Waals surface area contributed by atoms with Gasteiger partial charge >= 0.3 is 0 Å². The van der Waals surface area contributed by atoms with Crippen LogP contribution in [0.15, 0.2) is 36.7 Å². The van der Waals surface area contributed by atoms with Crippen LogP contribution in [0.5, 0.6) is 0 Å². The molecule has 1 unspecified atom stereocenters. The van der Waals surface area contributed by atoms with Crippen molar-refractivity contribution in [2.45, 2.75) is 13.0 Å². The van der Waals surface area contributed by atoms with E-state index in [1.165, 1.54) is 10.9 Å². The van der Waals surface area contributed by atoms with Gasteiger partial charge in [-0.05, 0) is 30.0 Å². The summed E-state index contributed by atoms with van der Waals surface area (Å²) in [4.78, 5) is 4.06. The van der Waals surface area contributed by atoms with Crippen LogP contribution in [-0.2, 0) is 0 Å². The molecule has 0 aliphatic heterocycles. The number of nitrogens with zero attached hydrogens (tertiary/aromatic N) is 1. The van der Waals surface area contributed by atoms with Crippen LogP contribution in [0.2, 0.25) is 0 Å².